The molecule has 0 fully saturated rings. The average Bonchev–Trinajstić information content (AvgIpc) is 2.21. The average molecular weight is 207 g/mol. The van der Waals surface area contributed by atoms with Crippen LogP contribution in [0.15, 0.2) is 30.3 Å². The van der Waals surface area contributed by atoms with Gasteiger partial charge >= 0.3 is 0 Å². The number of carbonyl (C=O) groups is 2. The van der Waals surface area contributed by atoms with Gasteiger partial charge in [0.25, 0.3) is 0 Å². The molecule has 0 unspecified atom stereocenters. The molecule has 0 aromatic heterocycles. The van der Waals surface area contributed by atoms with Crippen LogP contribution < -0.4 is 5.32 Å². The molecule has 0 saturated carbocycles. The lowest BCUT2D eigenvalue weighted by molar-refractivity contribution is -0.124. The molecular weight excluding hydrogens is 190 g/mol. The maximum atomic E-state index is 11.1. The van der Waals surface area contributed by atoms with Crippen molar-refractivity contribution in [3.8, 4) is 0 Å². The van der Waals surface area contributed by atoms with Gasteiger partial charge < -0.3 is 5.32 Å². The van der Waals surface area contributed by atoms with E-state index >= 15 is 0 Å². The Morgan fingerprint density at radius 1 is 1.13 bits per heavy atom. The van der Waals surface area contributed by atoms with Crippen LogP contribution in [0, 0.1) is 0 Å². The van der Waals surface area contributed by atoms with Gasteiger partial charge in [-0.1, -0.05) is 32.0 Å². The molecule has 0 bridgehead atoms. The fourth-order valence-electron chi connectivity index (χ4n) is 0.953. The molecule has 1 aromatic carbocycles. The number of nitrogens with one attached hydrogen (secondary N) is 1. The lowest BCUT2D eigenvalue weighted by Gasteiger charge is -2.01. The summed E-state index contributed by atoms with van der Waals surface area (Å²) in [5.74, 6) is -0.396. The Labute approximate surface area is 90.5 Å². The highest BCUT2D eigenvalue weighted by Crippen LogP contribution is 2.05. The van der Waals surface area contributed by atoms with Crippen molar-refractivity contribution in [3.63, 3.8) is 0 Å². The molecule has 0 aliphatic rings. The van der Waals surface area contributed by atoms with Gasteiger partial charge in [-0.3, -0.25) is 9.59 Å². The summed E-state index contributed by atoms with van der Waals surface area (Å²) in [7, 11) is 0. The Bertz CT molecular complexity index is 307. The molecule has 1 amide bonds. The lowest BCUT2D eigenvalue weighted by Crippen LogP contribution is -2.14. The Morgan fingerprint density at radius 3 is 2.13 bits per heavy atom. The summed E-state index contributed by atoms with van der Waals surface area (Å²) in [5, 5.41) is 2.61. The van der Waals surface area contributed by atoms with Crippen molar-refractivity contribution in [2.24, 2.45) is 0 Å². The van der Waals surface area contributed by atoms with Crippen LogP contribution in [-0.2, 0) is 9.59 Å². The zero-order valence-corrected chi connectivity index (χ0v) is 9.41. The van der Waals surface area contributed by atoms with Gasteiger partial charge in [0, 0.05) is 5.69 Å². The van der Waals surface area contributed by atoms with E-state index in [4.69, 9.17) is 0 Å². The molecule has 1 aromatic rings. The molecule has 3 nitrogen and oxygen atoms in total. The van der Waals surface area contributed by atoms with Gasteiger partial charge in [0.1, 0.15) is 5.78 Å². The van der Waals surface area contributed by atoms with E-state index in [1.807, 2.05) is 32.0 Å². The molecule has 3 heteroatoms. The number of amides is 1. The van der Waals surface area contributed by atoms with Crippen LogP contribution in [0.1, 0.15) is 27.2 Å². The molecule has 0 saturated heterocycles. The molecule has 1 N–H and O–H groups in total. The molecule has 0 radical (unpaired) electrons. The number of anilines is 1. The highest BCUT2D eigenvalue weighted by molar-refractivity contribution is 6.03. The third-order valence-corrected chi connectivity index (χ3v) is 1.47. The summed E-state index contributed by atoms with van der Waals surface area (Å²) < 4.78 is 0. The Kier molecular flexibility index (Phi) is 6.89. The number of benzene rings is 1. The molecule has 0 heterocycles. The molecule has 0 atom stereocenters. The fraction of sp³-hybridized carbons (Fsp3) is 0.333. The summed E-state index contributed by atoms with van der Waals surface area (Å²) in [5.41, 5.74) is 0.716. The van der Waals surface area contributed by atoms with E-state index < -0.39 is 0 Å². The standard InChI is InChI=1S/C10H11NO2.C2H6/c1-8(12)7-10(13)11-9-5-3-2-4-6-9;1-2/h2-6H,7H2,1H3,(H,11,13);1-2H3. The van der Waals surface area contributed by atoms with Crippen LogP contribution in [0.3, 0.4) is 0 Å². The maximum Gasteiger partial charge on any atom is 0.231 e. The van der Waals surface area contributed by atoms with E-state index in [2.05, 4.69) is 5.32 Å². The van der Waals surface area contributed by atoms with Crippen molar-refractivity contribution >= 4 is 17.4 Å². The van der Waals surface area contributed by atoms with Crippen molar-refractivity contribution in [2.45, 2.75) is 27.2 Å². The van der Waals surface area contributed by atoms with Gasteiger partial charge in [-0.15, -0.1) is 0 Å². The second-order valence-corrected chi connectivity index (χ2v) is 2.79. The third-order valence-electron chi connectivity index (χ3n) is 1.47. The first-order valence-corrected chi connectivity index (χ1v) is 5.03. The molecule has 15 heavy (non-hydrogen) atoms. The maximum absolute atomic E-state index is 11.1. The normalized spacial score (nSPS) is 8.47. The van der Waals surface area contributed by atoms with Crippen LogP contribution >= 0.6 is 0 Å². The summed E-state index contributed by atoms with van der Waals surface area (Å²) in [6, 6.07) is 9.06. The third kappa shape index (κ3) is 6.43. The minimum absolute atomic E-state index is 0.0606. The van der Waals surface area contributed by atoms with Gasteiger partial charge in [-0.25, -0.2) is 0 Å². The lowest BCUT2D eigenvalue weighted by atomic mass is 10.2. The highest BCUT2D eigenvalue weighted by atomic mass is 16.2. The number of ketones is 1. The van der Waals surface area contributed by atoms with Crippen LogP contribution in [-0.4, -0.2) is 11.7 Å². The monoisotopic (exact) mass is 207 g/mol. The van der Waals surface area contributed by atoms with Crippen LogP contribution in [0.2, 0.25) is 0 Å². The van der Waals surface area contributed by atoms with Crippen LogP contribution in [0.5, 0.6) is 0 Å². The molecule has 0 aliphatic carbocycles. The van der Waals surface area contributed by atoms with Gasteiger partial charge in [-0.2, -0.15) is 0 Å². The quantitative estimate of drug-likeness (QED) is 0.774. The highest BCUT2D eigenvalue weighted by Gasteiger charge is 2.04. The summed E-state index contributed by atoms with van der Waals surface area (Å²) in [4.78, 5) is 21.7. The first kappa shape index (κ1) is 13.4. The van der Waals surface area contributed by atoms with Gasteiger partial charge in [0.05, 0.1) is 6.42 Å². The fourth-order valence-corrected chi connectivity index (χ4v) is 0.953. The number of carbonyl (C=O) groups excluding carboxylic acids is 2. The van der Waals surface area contributed by atoms with Gasteiger partial charge in [0.2, 0.25) is 5.91 Å². The number of hydrogen-bond acceptors (Lipinski definition) is 2. The smallest absolute Gasteiger partial charge is 0.231 e. The second-order valence-electron chi connectivity index (χ2n) is 2.79. The van der Waals surface area contributed by atoms with E-state index in [1.165, 1.54) is 6.92 Å². The molecular formula is C12H17NO2. The number of Topliss-reactive ketones (excluding diaryl/α,β-unsaturated/α-hetero) is 1. The van der Waals surface area contributed by atoms with E-state index in [1.54, 1.807) is 12.1 Å². The molecule has 0 aliphatic heterocycles. The summed E-state index contributed by atoms with van der Waals surface area (Å²) >= 11 is 0. The van der Waals surface area contributed by atoms with Gasteiger partial charge in [-0.05, 0) is 19.1 Å². The Morgan fingerprint density at radius 2 is 1.67 bits per heavy atom. The number of para-hydroxylation sites is 1. The largest absolute Gasteiger partial charge is 0.326 e. The van der Waals surface area contributed by atoms with Crippen molar-refractivity contribution in [1.29, 1.82) is 0 Å². The molecule has 0 spiro atoms. The zero-order valence-electron chi connectivity index (χ0n) is 9.41. The number of rotatable bonds is 3. The minimum Gasteiger partial charge on any atom is -0.326 e. The van der Waals surface area contributed by atoms with Crippen molar-refractivity contribution in [2.75, 3.05) is 5.32 Å². The number of hydrogen-bond donors (Lipinski definition) is 1. The van der Waals surface area contributed by atoms with Crippen LogP contribution in [0.4, 0.5) is 5.69 Å². The van der Waals surface area contributed by atoms with Crippen molar-refractivity contribution < 1.29 is 9.59 Å². The predicted molar refractivity (Wildman–Crippen MR) is 61.7 cm³/mol. The van der Waals surface area contributed by atoms with E-state index in [9.17, 15) is 9.59 Å². The SMILES string of the molecule is CC.CC(=O)CC(=O)Nc1ccccc1. The van der Waals surface area contributed by atoms with E-state index in [0.717, 1.165) is 0 Å². The van der Waals surface area contributed by atoms with Crippen molar-refractivity contribution in [3.05, 3.63) is 30.3 Å². The Balaban J connectivity index is 0.000000921. The van der Waals surface area contributed by atoms with Crippen molar-refractivity contribution in [1.82, 2.24) is 0 Å². The molecule has 1 rings (SSSR count). The summed E-state index contributed by atoms with van der Waals surface area (Å²) in [6.07, 6.45) is -0.0606. The second kappa shape index (κ2) is 7.74. The topological polar surface area (TPSA) is 46.2 Å². The first-order valence-electron chi connectivity index (χ1n) is 5.03. The first-order chi connectivity index (χ1) is 7.18. The summed E-state index contributed by atoms with van der Waals surface area (Å²) in [6.45, 7) is 5.39. The van der Waals surface area contributed by atoms with Crippen LogP contribution in [0.25, 0.3) is 0 Å². The zero-order chi connectivity index (χ0) is 11.7. The molecule has 82 valence electrons. The predicted octanol–water partition coefficient (Wildman–Crippen LogP) is 2.63. The Hall–Kier alpha value is -1.64. The minimum atomic E-state index is -0.265. The van der Waals surface area contributed by atoms with E-state index in [0.29, 0.717) is 5.69 Å². The van der Waals surface area contributed by atoms with E-state index in [-0.39, 0.29) is 18.1 Å². The van der Waals surface area contributed by atoms with Gasteiger partial charge in [0.15, 0.2) is 0 Å².